The molecule has 108 valence electrons. The molecule has 0 saturated heterocycles. The number of hydrogen-bond acceptors (Lipinski definition) is 3. The Kier molecular flexibility index (Phi) is 5.74. The molecule has 0 fully saturated rings. The van der Waals surface area contributed by atoms with E-state index >= 15 is 0 Å². The summed E-state index contributed by atoms with van der Waals surface area (Å²) in [6.07, 6.45) is 2.20. The quantitative estimate of drug-likeness (QED) is 0.776. The van der Waals surface area contributed by atoms with Gasteiger partial charge in [0.15, 0.2) is 0 Å². The normalized spacial score (nSPS) is 12.6. The van der Waals surface area contributed by atoms with Crippen LogP contribution in [0.5, 0.6) is 0 Å². The van der Waals surface area contributed by atoms with Crippen LogP contribution in [0.25, 0.3) is 0 Å². The van der Waals surface area contributed by atoms with Crippen molar-refractivity contribution in [3.8, 4) is 0 Å². The van der Waals surface area contributed by atoms with Crippen molar-refractivity contribution in [2.75, 3.05) is 13.1 Å². The highest BCUT2D eigenvalue weighted by molar-refractivity contribution is 7.09. The van der Waals surface area contributed by atoms with Crippen LogP contribution in [0.2, 0.25) is 0 Å². The van der Waals surface area contributed by atoms with Crippen molar-refractivity contribution < 1.29 is 0 Å². The second kappa shape index (κ2) is 7.55. The number of nitrogens with zero attached hydrogens (tertiary/aromatic N) is 1. The average Bonchev–Trinajstić information content (AvgIpc) is 2.83. The van der Waals surface area contributed by atoms with Gasteiger partial charge in [-0.05, 0) is 38.8 Å². The van der Waals surface area contributed by atoms with E-state index in [-0.39, 0.29) is 0 Å². The van der Waals surface area contributed by atoms with Crippen LogP contribution in [-0.4, -0.2) is 18.1 Å². The lowest BCUT2D eigenvalue weighted by Gasteiger charge is -2.17. The summed E-state index contributed by atoms with van der Waals surface area (Å²) in [7, 11) is 0. The van der Waals surface area contributed by atoms with E-state index in [1.165, 1.54) is 23.2 Å². The van der Waals surface area contributed by atoms with Gasteiger partial charge in [0.05, 0.1) is 10.7 Å². The standard InChI is InChI=1S/C17H24N2S/c1-4-8-18-11-16(10-17-12-20-14(3)19-17)15-7-5-6-13(2)9-15/h5-7,9,12,16,18H,4,8,10-11H2,1-3H3. The largest absolute Gasteiger partial charge is 0.316 e. The molecule has 0 aliphatic carbocycles. The van der Waals surface area contributed by atoms with Gasteiger partial charge in [-0.1, -0.05) is 36.8 Å². The fraction of sp³-hybridized carbons (Fsp3) is 0.471. The van der Waals surface area contributed by atoms with Crippen LogP contribution in [0.1, 0.15) is 41.1 Å². The highest BCUT2D eigenvalue weighted by atomic mass is 32.1. The minimum Gasteiger partial charge on any atom is -0.316 e. The van der Waals surface area contributed by atoms with E-state index < -0.39 is 0 Å². The summed E-state index contributed by atoms with van der Waals surface area (Å²) in [6.45, 7) is 8.54. The van der Waals surface area contributed by atoms with Crippen molar-refractivity contribution >= 4 is 11.3 Å². The SMILES string of the molecule is CCCNCC(Cc1csc(C)n1)c1cccc(C)c1. The molecule has 1 N–H and O–H groups in total. The summed E-state index contributed by atoms with van der Waals surface area (Å²) in [6, 6.07) is 8.86. The summed E-state index contributed by atoms with van der Waals surface area (Å²) >= 11 is 1.74. The maximum absolute atomic E-state index is 4.62. The molecular formula is C17H24N2S. The summed E-state index contributed by atoms with van der Waals surface area (Å²) < 4.78 is 0. The molecule has 1 aromatic carbocycles. The first-order valence-corrected chi connectivity index (χ1v) is 8.25. The predicted octanol–water partition coefficient (Wildman–Crippen LogP) is 4.09. The van der Waals surface area contributed by atoms with Crippen molar-refractivity contribution in [1.82, 2.24) is 10.3 Å². The average molecular weight is 288 g/mol. The molecule has 0 amide bonds. The lowest BCUT2D eigenvalue weighted by atomic mass is 9.93. The lowest BCUT2D eigenvalue weighted by Crippen LogP contribution is -2.23. The smallest absolute Gasteiger partial charge is 0.0897 e. The summed E-state index contributed by atoms with van der Waals surface area (Å²) in [4.78, 5) is 4.62. The van der Waals surface area contributed by atoms with Crippen molar-refractivity contribution in [2.45, 2.75) is 39.5 Å². The van der Waals surface area contributed by atoms with Gasteiger partial charge in [-0.3, -0.25) is 0 Å². The third-order valence-electron chi connectivity index (χ3n) is 3.45. The Hall–Kier alpha value is -1.19. The zero-order chi connectivity index (χ0) is 14.4. The number of thiazole rings is 1. The Balaban J connectivity index is 2.11. The highest BCUT2D eigenvalue weighted by Crippen LogP contribution is 2.22. The predicted molar refractivity (Wildman–Crippen MR) is 87.6 cm³/mol. The zero-order valence-corrected chi connectivity index (χ0v) is 13.5. The molecule has 3 heteroatoms. The van der Waals surface area contributed by atoms with Crippen LogP contribution >= 0.6 is 11.3 Å². The Morgan fingerprint density at radius 2 is 2.15 bits per heavy atom. The first kappa shape index (κ1) is 15.2. The first-order chi connectivity index (χ1) is 9.69. The summed E-state index contributed by atoms with van der Waals surface area (Å²) in [5.41, 5.74) is 3.97. The highest BCUT2D eigenvalue weighted by Gasteiger charge is 2.14. The topological polar surface area (TPSA) is 24.9 Å². The molecule has 1 aromatic heterocycles. The van der Waals surface area contributed by atoms with E-state index in [4.69, 9.17) is 0 Å². The molecule has 1 unspecified atom stereocenters. The third kappa shape index (κ3) is 4.43. The Morgan fingerprint density at radius 1 is 1.30 bits per heavy atom. The number of rotatable bonds is 7. The van der Waals surface area contributed by atoms with Crippen molar-refractivity contribution in [3.05, 3.63) is 51.5 Å². The number of aryl methyl sites for hydroxylation is 2. The maximum atomic E-state index is 4.62. The van der Waals surface area contributed by atoms with Crippen LogP contribution in [0.15, 0.2) is 29.6 Å². The van der Waals surface area contributed by atoms with Crippen LogP contribution < -0.4 is 5.32 Å². The maximum Gasteiger partial charge on any atom is 0.0897 e. The fourth-order valence-electron chi connectivity index (χ4n) is 2.44. The fourth-order valence-corrected chi connectivity index (χ4v) is 3.06. The van der Waals surface area contributed by atoms with Gasteiger partial charge in [0.25, 0.3) is 0 Å². The molecule has 20 heavy (non-hydrogen) atoms. The minimum absolute atomic E-state index is 0.503. The van der Waals surface area contributed by atoms with E-state index in [0.717, 1.165) is 24.5 Å². The second-order valence-corrected chi connectivity index (χ2v) is 6.44. The molecule has 0 aliphatic heterocycles. The number of aromatic nitrogens is 1. The molecule has 0 spiro atoms. The molecule has 1 atom stereocenters. The molecule has 0 saturated carbocycles. The van der Waals surface area contributed by atoms with Gasteiger partial charge in [-0.25, -0.2) is 4.98 Å². The monoisotopic (exact) mass is 288 g/mol. The van der Waals surface area contributed by atoms with Gasteiger partial charge < -0.3 is 5.32 Å². The summed E-state index contributed by atoms with van der Waals surface area (Å²) in [5, 5.41) is 6.91. The van der Waals surface area contributed by atoms with Gasteiger partial charge >= 0.3 is 0 Å². The Morgan fingerprint density at radius 3 is 2.80 bits per heavy atom. The third-order valence-corrected chi connectivity index (χ3v) is 4.28. The van der Waals surface area contributed by atoms with Crippen molar-refractivity contribution in [2.24, 2.45) is 0 Å². The molecule has 1 heterocycles. The number of benzene rings is 1. The van der Waals surface area contributed by atoms with Crippen LogP contribution in [0.3, 0.4) is 0 Å². The minimum atomic E-state index is 0.503. The number of hydrogen-bond donors (Lipinski definition) is 1. The molecule has 0 aliphatic rings. The van der Waals surface area contributed by atoms with Crippen molar-refractivity contribution in [3.63, 3.8) is 0 Å². The lowest BCUT2D eigenvalue weighted by molar-refractivity contribution is 0.572. The van der Waals surface area contributed by atoms with Gasteiger partial charge in [0, 0.05) is 17.8 Å². The van der Waals surface area contributed by atoms with E-state index in [2.05, 4.69) is 60.7 Å². The zero-order valence-electron chi connectivity index (χ0n) is 12.6. The van der Waals surface area contributed by atoms with E-state index in [0.29, 0.717) is 5.92 Å². The summed E-state index contributed by atoms with van der Waals surface area (Å²) in [5.74, 6) is 0.503. The molecule has 0 radical (unpaired) electrons. The Bertz CT molecular complexity index is 533. The van der Waals surface area contributed by atoms with Gasteiger partial charge in [-0.2, -0.15) is 0 Å². The molecule has 2 nitrogen and oxygen atoms in total. The molecule has 2 aromatic rings. The van der Waals surface area contributed by atoms with Crippen LogP contribution in [0.4, 0.5) is 0 Å². The molecule has 0 bridgehead atoms. The van der Waals surface area contributed by atoms with E-state index in [1.807, 2.05) is 0 Å². The first-order valence-electron chi connectivity index (χ1n) is 7.37. The van der Waals surface area contributed by atoms with E-state index in [1.54, 1.807) is 11.3 Å². The van der Waals surface area contributed by atoms with E-state index in [9.17, 15) is 0 Å². The van der Waals surface area contributed by atoms with Crippen LogP contribution in [0, 0.1) is 13.8 Å². The van der Waals surface area contributed by atoms with Crippen molar-refractivity contribution in [1.29, 1.82) is 0 Å². The van der Waals surface area contributed by atoms with Gasteiger partial charge in [-0.15, -0.1) is 11.3 Å². The molecular weight excluding hydrogens is 264 g/mol. The molecule has 2 rings (SSSR count). The second-order valence-electron chi connectivity index (χ2n) is 5.38. The van der Waals surface area contributed by atoms with Gasteiger partial charge in [0.1, 0.15) is 0 Å². The van der Waals surface area contributed by atoms with Crippen LogP contribution in [-0.2, 0) is 6.42 Å². The number of nitrogens with one attached hydrogen (secondary N) is 1. The van der Waals surface area contributed by atoms with Gasteiger partial charge in [0.2, 0.25) is 0 Å². The Labute approximate surface area is 126 Å².